The summed E-state index contributed by atoms with van der Waals surface area (Å²) in [5.74, 6) is -0.303. The summed E-state index contributed by atoms with van der Waals surface area (Å²) in [6.07, 6.45) is 1.41. The number of aromatic nitrogens is 1. The number of carbonyl (C=O) groups is 2. The lowest BCUT2D eigenvalue weighted by molar-refractivity contribution is -0.118. The van der Waals surface area contributed by atoms with E-state index in [0.717, 1.165) is 4.90 Å². The molecule has 1 unspecified atom stereocenters. The van der Waals surface area contributed by atoms with E-state index < -0.39 is 18.0 Å². The molecular formula is C15H12ClN3O4. The van der Waals surface area contributed by atoms with E-state index in [-0.39, 0.29) is 16.7 Å². The number of hydrogen-bond acceptors (Lipinski definition) is 5. The number of carbonyl (C=O) groups excluding carboxylic acids is 2. The number of benzene rings is 1. The normalized spacial score (nSPS) is 17.3. The average molecular weight is 334 g/mol. The number of aromatic hydroxyl groups is 1. The first kappa shape index (κ1) is 15.1. The Labute approximate surface area is 136 Å². The molecule has 1 aromatic carbocycles. The standard InChI is InChI=1S/C15H12ClN3O4/c1-23-11-3-2-8(6-10(11)20)13-14(21)19(15(22)18-13)9-4-5-17-12(16)7-9/h2-7,13,20H,1H3,(H,18,22). The van der Waals surface area contributed by atoms with Gasteiger partial charge in [0.2, 0.25) is 0 Å². The van der Waals surface area contributed by atoms with Crippen LogP contribution in [0.5, 0.6) is 11.5 Å². The van der Waals surface area contributed by atoms with E-state index in [1.165, 1.54) is 37.6 Å². The lowest BCUT2D eigenvalue weighted by Crippen LogP contribution is -2.30. The summed E-state index contributed by atoms with van der Waals surface area (Å²) in [5.41, 5.74) is 0.775. The van der Waals surface area contributed by atoms with Crippen LogP contribution in [-0.4, -0.2) is 29.1 Å². The highest BCUT2D eigenvalue weighted by Crippen LogP contribution is 2.32. The Bertz CT molecular complexity index is 796. The Balaban J connectivity index is 1.94. The number of imide groups is 1. The van der Waals surface area contributed by atoms with E-state index in [0.29, 0.717) is 11.3 Å². The second kappa shape index (κ2) is 5.77. The quantitative estimate of drug-likeness (QED) is 0.664. The van der Waals surface area contributed by atoms with Gasteiger partial charge in [0.25, 0.3) is 5.91 Å². The van der Waals surface area contributed by atoms with Gasteiger partial charge in [0.1, 0.15) is 11.2 Å². The van der Waals surface area contributed by atoms with Gasteiger partial charge < -0.3 is 15.2 Å². The van der Waals surface area contributed by atoms with Crippen LogP contribution in [-0.2, 0) is 4.79 Å². The number of methoxy groups -OCH3 is 1. The number of phenols is 1. The van der Waals surface area contributed by atoms with Gasteiger partial charge in [0.15, 0.2) is 11.5 Å². The van der Waals surface area contributed by atoms with Gasteiger partial charge in [-0.25, -0.2) is 14.7 Å². The molecule has 0 spiro atoms. The van der Waals surface area contributed by atoms with E-state index >= 15 is 0 Å². The molecule has 2 heterocycles. The number of pyridine rings is 1. The number of rotatable bonds is 3. The Hall–Kier alpha value is -2.80. The minimum Gasteiger partial charge on any atom is -0.504 e. The fourth-order valence-corrected chi connectivity index (χ4v) is 2.54. The molecule has 2 aromatic rings. The maximum Gasteiger partial charge on any atom is 0.329 e. The summed E-state index contributed by atoms with van der Waals surface area (Å²) < 4.78 is 4.96. The molecule has 7 nitrogen and oxygen atoms in total. The second-order valence-electron chi connectivity index (χ2n) is 4.82. The summed E-state index contributed by atoms with van der Waals surface area (Å²) in [4.78, 5) is 29.5. The van der Waals surface area contributed by atoms with Crippen molar-refractivity contribution < 1.29 is 19.4 Å². The molecule has 1 aliphatic heterocycles. The van der Waals surface area contributed by atoms with Gasteiger partial charge in [-0.05, 0) is 29.8 Å². The van der Waals surface area contributed by atoms with Gasteiger partial charge >= 0.3 is 6.03 Å². The van der Waals surface area contributed by atoms with Crippen molar-refractivity contribution in [2.24, 2.45) is 0 Å². The van der Waals surface area contributed by atoms with Crippen LogP contribution in [0.3, 0.4) is 0 Å². The van der Waals surface area contributed by atoms with Crippen molar-refractivity contribution in [1.29, 1.82) is 0 Å². The lowest BCUT2D eigenvalue weighted by atomic mass is 10.1. The lowest BCUT2D eigenvalue weighted by Gasteiger charge is -2.13. The molecule has 3 rings (SSSR count). The van der Waals surface area contributed by atoms with Crippen LogP contribution in [0.15, 0.2) is 36.5 Å². The van der Waals surface area contributed by atoms with E-state index in [9.17, 15) is 14.7 Å². The first-order valence-corrected chi connectivity index (χ1v) is 7.02. The first-order chi connectivity index (χ1) is 11.0. The Morgan fingerprint density at radius 3 is 2.74 bits per heavy atom. The van der Waals surface area contributed by atoms with Crippen molar-refractivity contribution in [2.45, 2.75) is 6.04 Å². The number of urea groups is 1. The molecule has 1 aromatic heterocycles. The van der Waals surface area contributed by atoms with Crippen LogP contribution in [0.1, 0.15) is 11.6 Å². The van der Waals surface area contributed by atoms with Crippen molar-refractivity contribution in [3.63, 3.8) is 0 Å². The molecule has 23 heavy (non-hydrogen) atoms. The molecular weight excluding hydrogens is 322 g/mol. The summed E-state index contributed by atoms with van der Waals surface area (Å²) in [7, 11) is 1.42. The van der Waals surface area contributed by atoms with Gasteiger partial charge in [-0.3, -0.25) is 4.79 Å². The molecule has 0 aliphatic carbocycles. The Kier molecular flexibility index (Phi) is 3.79. The van der Waals surface area contributed by atoms with Crippen LogP contribution >= 0.6 is 11.6 Å². The third-order valence-corrected chi connectivity index (χ3v) is 3.65. The first-order valence-electron chi connectivity index (χ1n) is 6.64. The molecule has 8 heteroatoms. The predicted molar refractivity (Wildman–Crippen MR) is 82.7 cm³/mol. The minimum absolute atomic E-state index is 0.113. The van der Waals surface area contributed by atoms with Gasteiger partial charge in [0.05, 0.1) is 12.8 Å². The van der Waals surface area contributed by atoms with Crippen LogP contribution in [0.4, 0.5) is 10.5 Å². The van der Waals surface area contributed by atoms with E-state index in [4.69, 9.17) is 16.3 Å². The molecule has 0 radical (unpaired) electrons. The van der Waals surface area contributed by atoms with Crippen LogP contribution in [0, 0.1) is 0 Å². The topological polar surface area (TPSA) is 91.8 Å². The number of hydrogen-bond donors (Lipinski definition) is 2. The summed E-state index contributed by atoms with van der Waals surface area (Å²) in [6.45, 7) is 0. The van der Waals surface area contributed by atoms with E-state index in [1.807, 2.05) is 0 Å². The number of phenolic OH excluding ortho intramolecular Hbond substituents is 1. The van der Waals surface area contributed by atoms with Gasteiger partial charge in [0, 0.05) is 6.20 Å². The number of halogens is 1. The molecule has 3 amide bonds. The zero-order valence-corrected chi connectivity index (χ0v) is 12.7. The molecule has 1 saturated heterocycles. The molecule has 2 N–H and O–H groups in total. The summed E-state index contributed by atoms with van der Waals surface area (Å²) in [6, 6.07) is 5.97. The molecule has 118 valence electrons. The highest BCUT2D eigenvalue weighted by Gasteiger charge is 2.40. The fraction of sp³-hybridized carbons (Fsp3) is 0.133. The molecule has 0 bridgehead atoms. The second-order valence-corrected chi connectivity index (χ2v) is 5.21. The van der Waals surface area contributed by atoms with Gasteiger partial charge in [-0.1, -0.05) is 17.7 Å². The van der Waals surface area contributed by atoms with Crippen LogP contribution < -0.4 is 15.0 Å². The van der Waals surface area contributed by atoms with Gasteiger partial charge in [-0.2, -0.15) is 0 Å². The van der Waals surface area contributed by atoms with E-state index in [2.05, 4.69) is 10.3 Å². The van der Waals surface area contributed by atoms with Crippen molar-refractivity contribution in [3.8, 4) is 11.5 Å². The molecule has 1 atom stereocenters. The number of amides is 3. The Morgan fingerprint density at radius 2 is 2.09 bits per heavy atom. The SMILES string of the molecule is COc1ccc(C2NC(=O)N(c3ccnc(Cl)c3)C2=O)cc1O. The number of nitrogens with one attached hydrogen (secondary N) is 1. The maximum atomic E-state index is 12.6. The molecule has 1 fully saturated rings. The van der Waals surface area contributed by atoms with Crippen molar-refractivity contribution in [1.82, 2.24) is 10.3 Å². The molecule has 1 aliphatic rings. The van der Waals surface area contributed by atoms with Crippen molar-refractivity contribution in [2.75, 3.05) is 12.0 Å². The monoisotopic (exact) mass is 333 g/mol. The summed E-state index contributed by atoms with van der Waals surface area (Å²) in [5, 5.41) is 12.6. The number of nitrogens with zero attached hydrogens (tertiary/aromatic N) is 2. The Morgan fingerprint density at radius 1 is 1.30 bits per heavy atom. The zero-order valence-electron chi connectivity index (χ0n) is 12.0. The van der Waals surface area contributed by atoms with E-state index in [1.54, 1.807) is 6.07 Å². The van der Waals surface area contributed by atoms with Crippen molar-refractivity contribution in [3.05, 3.63) is 47.2 Å². The maximum absolute atomic E-state index is 12.6. The minimum atomic E-state index is -0.897. The fourth-order valence-electron chi connectivity index (χ4n) is 2.37. The zero-order chi connectivity index (χ0) is 16.6. The third-order valence-electron chi connectivity index (χ3n) is 3.44. The predicted octanol–water partition coefficient (Wildman–Crippen LogP) is 2.25. The number of anilines is 1. The highest BCUT2D eigenvalue weighted by molar-refractivity contribution is 6.30. The molecule has 0 saturated carbocycles. The number of ether oxygens (including phenoxy) is 1. The average Bonchev–Trinajstić information content (AvgIpc) is 2.82. The van der Waals surface area contributed by atoms with Gasteiger partial charge in [-0.15, -0.1) is 0 Å². The smallest absolute Gasteiger partial charge is 0.329 e. The third kappa shape index (κ3) is 2.66. The summed E-state index contributed by atoms with van der Waals surface area (Å²) >= 11 is 5.80. The van der Waals surface area contributed by atoms with Crippen LogP contribution in [0.25, 0.3) is 0 Å². The highest BCUT2D eigenvalue weighted by atomic mass is 35.5. The van der Waals surface area contributed by atoms with Crippen LogP contribution in [0.2, 0.25) is 5.15 Å². The van der Waals surface area contributed by atoms with Crippen molar-refractivity contribution >= 4 is 29.2 Å². The largest absolute Gasteiger partial charge is 0.504 e.